The standard InChI is InChI=1S/C19H25N3O2/c1-3-18(22-10-12-24-13-11-22)19(23)21(2)14-15-6-4-8-17-16(15)7-5-9-20-17/h4-9,18H,3,10-14H2,1-2H3/t18-/m1/s1. The summed E-state index contributed by atoms with van der Waals surface area (Å²) in [6.45, 7) is 5.76. The van der Waals surface area contributed by atoms with E-state index in [1.54, 1.807) is 6.20 Å². The summed E-state index contributed by atoms with van der Waals surface area (Å²) < 4.78 is 5.40. The van der Waals surface area contributed by atoms with E-state index in [4.69, 9.17) is 4.74 Å². The number of benzene rings is 1. The third-order valence-corrected chi connectivity index (χ3v) is 4.68. The van der Waals surface area contributed by atoms with E-state index < -0.39 is 0 Å². The second-order valence-corrected chi connectivity index (χ2v) is 6.25. The maximum atomic E-state index is 12.9. The third-order valence-electron chi connectivity index (χ3n) is 4.68. The molecule has 1 aliphatic rings. The van der Waals surface area contributed by atoms with Crippen molar-refractivity contribution < 1.29 is 9.53 Å². The van der Waals surface area contributed by atoms with E-state index in [0.717, 1.165) is 36.0 Å². The first kappa shape index (κ1) is 16.9. The summed E-state index contributed by atoms with van der Waals surface area (Å²) in [6.07, 6.45) is 2.62. The molecule has 128 valence electrons. The Balaban J connectivity index is 1.75. The van der Waals surface area contributed by atoms with E-state index in [2.05, 4.69) is 28.9 Å². The zero-order valence-electron chi connectivity index (χ0n) is 14.4. The lowest BCUT2D eigenvalue weighted by Crippen LogP contribution is -2.51. The molecular formula is C19H25N3O2. The van der Waals surface area contributed by atoms with Gasteiger partial charge >= 0.3 is 0 Å². The van der Waals surface area contributed by atoms with Gasteiger partial charge in [0.2, 0.25) is 5.91 Å². The molecule has 1 aliphatic heterocycles. The lowest BCUT2D eigenvalue weighted by molar-refractivity contribution is -0.138. The minimum absolute atomic E-state index is 0.0630. The number of morpholine rings is 1. The van der Waals surface area contributed by atoms with Crippen LogP contribution in [-0.2, 0) is 16.1 Å². The van der Waals surface area contributed by atoms with Gasteiger partial charge in [-0.2, -0.15) is 0 Å². The number of amides is 1. The van der Waals surface area contributed by atoms with E-state index in [1.807, 2.05) is 30.1 Å². The summed E-state index contributed by atoms with van der Waals surface area (Å²) in [7, 11) is 1.89. The Morgan fingerprint density at radius 2 is 2.08 bits per heavy atom. The smallest absolute Gasteiger partial charge is 0.239 e. The molecule has 0 N–H and O–H groups in total. The van der Waals surface area contributed by atoms with E-state index in [1.165, 1.54) is 0 Å². The summed E-state index contributed by atoms with van der Waals surface area (Å²) in [5, 5.41) is 1.11. The van der Waals surface area contributed by atoms with Crippen molar-refractivity contribution >= 4 is 16.8 Å². The lowest BCUT2D eigenvalue weighted by atomic mass is 10.1. The molecule has 3 rings (SSSR count). The van der Waals surface area contributed by atoms with Gasteiger partial charge in [-0.3, -0.25) is 14.7 Å². The summed E-state index contributed by atoms with van der Waals surface area (Å²) >= 11 is 0. The number of hydrogen-bond acceptors (Lipinski definition) is 4. The number of rotatable bonds is 5. The maximum absolute atomic E-state index is 12.9. The van der Waals surface area contributed by atoms with Crippen LogP contribution in [0.25, 0.3) is 10.9 Å². The maximum Gasteiger partial charge on any atom is 0.239 e. The molecule has 0 spiro atoms. The molecule has 0 unspecified atom stereocenters. The van der Waals surface area contributed by atoms with Crippen molar-refractivity contribution in [3.05, 3.63) is 42.1 Å². The number of nitrogens with zero attached hydrogens (tertiary/aromatic N) is 3. The van der Waals surface area contributed by atoms with Gasteiger partial charge in [-0.05, 0) is 24.1 Å². The fourth-order valence-electron chi connectivity index (χ4n) is 3.37. The van der Waals surface area contributed by atoms with Crippen LogP contribution in [0.15, 0.2) is 36.5 Å². The van der Waals surface area contributed by atoms with Crippen molar-refractivity contribution in [1.82, 2.24) is 14.8 Å². The number of ether oxygens (including phenoxy) is 1. The van der Waals surface area contributed by atoms with Crippen molar-refractivity contribution in [2.24, 2.45) is 0 Å². The number of carbonyl (C=O) groups excluding carboxylic acids is 1. The van der Waals surface area contributed by atoms with E-state index >= 15 is 0 Å². The van der Waals surface area contributed by atoms with Crippen LogP contribution in [0.2, 0.25) is 0 Å². The zero-order chi connectivity index (χ0) is 16.9. The highest BCUT2D eigenvalue weighted by atomic mass is 16.5. The Kier molecular flexibility index (Phi) is 5.43. The molecule has 5 nitrogen and oxygen atoms in total. The first-order valence-corrected chi connectivity index (χ1v) is 8.60. The predicted molar refractivity (Wildman–Crippen MR) is 94.7 cm³/mol. The van der Waals surface area contributed by atoms with Gasteiger partial charge in [0.1, 0.15) is 0 Å². The molecule has 1 aromatic carbocycles. The zero-order valence-corrected chi connectivity index (χ0v) is 14.4. The van der Waals surface area contributed by atoms with E-state index in [-0.39, 0.29) is 11.9 Å². The normalized spacial score (nSPS) is 16.9. The summed E-state index contributed by atoms with van der Waals surface area (Å²) in [5.74, 6) is 0.181. The summed E-state index contributed by atoms with van der Waals surface area (Å²) in [5.41, 5.74) is 2.10. The first-order chi connectivity index (χ1) is 11.7. The topological polar surface area (TPSA) is 45.7 Å². The monoisotopic (exact) mass is 327 g/mol. The average molecular weight is 327 g/mol. The van der Waals surface area contributed by atoms with Gasteiger partial charge < -0.3 is 9.64 Å². The largest absolute Gasteiger partial charge is 0.379 e. The molecule has 1 aromatic heterocycles. The quantitative estimate of drug-likeness (QED) is 0.845. The van der Waals surface area contributed by atoms with Gasteiger partial charge in [0, 0.05) is 38.3 Å². The Morgan fingerprint density at radius 3 is 2.83 bits per heavy atom. The van der Waals surface area contributed by atoms with Crippen molar-refractivity contribution in [3.8, 4) is 0 Å². The Bertz CT molecular complexity index is 693. The predicted octanol–water partition coefficient (Wildman–Crippen LogP) is 2.30. The van der Waals surface area contributed by atoms with Crippen molar-refractivity contribution in [2.45, 2.75) is 25.9 Å². The number of likely N-dealkylation sites (N-methyl/N-ethyl adjacent to an activating group) is 1. The molecule has 0 saturated carbocycles. The Labute approximate surface area is 143 Å². The molecule has 0 bridgehead atoms. The molecule has 1 amide bonds. The second-order valence-electron chi connectivity index (χ2n) is 6.25. The van der Waals surface area contributed by atoms with Crippen LogP contribution < -0.4 is 0 Å². The van der Waals surface area contributed by atoms with Gasteiger partial charge in [-0.15, -0.1) is 0 Å². The molecule has 1 saturated heterocycles. The highest BCUT2D eigenvalue weighted by molar-refractivity contribution is 5.84. The second kappa shape index (κ2) is 7.73. The number of hydrogen-bond donors (Lipinski definition) is 0. The Morgan fingerprint density at radius 1 is 1.29 bits per heavy atom. The van der Waals surface area contributed by atoms with E-state index in [9.17, 15) is 4.79 Å². The van der Waals surface area contributed by atoms with Crippen molar-refractivity contribution in [3.63, 3.8) is 0 Å². The van der Waals surface area contributed by atoms with Crippen LogP contribution in [-0.4, -0.2) is 60.1 Å². The number of aromatic nitrogens is 1. The minimum Gasteiger partial charge on any atom is -0.379 e. The average Bonchev–Trinajstić information content (AvgIpc) is 2.63. The Hall–Kier alpha value is -1.98. The lowest BCUT2D eigenvalue weighted by Gasteiger charge is -2.35. The minimum atomic E-state index is -0.0630. The molecule has 2 heterocycles. The highest BCUT2D eigenvalue weighted by Crippen LogP contribution is 2.19. The van der Waals surface area contributed by atoms with Crippen LogP contribution in [0.5, 0.6) is 0 Å². The highest BCUT2D eigenvalue weighted by Gasteiger charge is 2.28. The van der Waals surface area contributed by atoms with Gasteiger partial charge in [-0.1, -0.05) is 25.1 Å². The van der Waals surface area contributed by atoms with Crippen LogP contribution in [0.3, 0.4) is 0 Å². The van der Waals surface area contributed by atoms with Crippen molar-refractivity contribution in [1.29, 1.82) is 0 Å². The van der Waals surface area contributed by atoms with Gasteiger partial charge in [0.15, 0.2) is 0 Å². The first-order valence-electron chi connectivity index (χ1n) is 8.60. The fraction of sp³-hybridized carbons (Fsp3) is 0.474. The van der Waals surface area contributed by atoms with Gasteiger partial charge in [-0.25, -0.2) is 0 Å². The number of fused-ring (bicyclic) bond motifs is 1. The van der Waals surface area contributed by atoms with Crippen LogP contribution in [0, 0.1) is 0 Å². The van der Waals surface area contributed by atoms with Crippen molar-refractivity contribution in [2.75, 3.05) is 33.4 Å². The van der Waals surface area contributed by atoms with Gasteiger partial charge in [0.25, 0.3) is 0 Å². The summed E-state index contributed by atoms with van der Waals surface area (Å²) in [4.78, 5) is 21.4. The number of pyridine rings is 1. The van der Waals surface area contributed by atoms with Crippen LogP contribution in [0.1, 0.15) is 18.9 Å². The van der Waals surface area contributed by atoms with E-state index in [0.29, 0.717) is 19.8 Å². The third kappa shape index (κ3) is 3.57. The molecule has 1 fully saturated rings. The molecule has 24 heavy (non-hydrogen) atoms. The SMILES string of the molecule is CC[C@H](C(=O)N(C)Cc1cccc2ncccc12)N1CCOCC1. The molecule has 5 heteroatoms. The molecular weight excluding hydrogens is 302 g/mol. The molecule has 0 aliphatic carbocycles. The van der Waals surface area contributed by atoms with Crippen LogP contribution in [0.4, 0.5) is 0 Å². The molecule has 2 aromatic rings. The summed E-state index contributed by atoms with van der Waals surface area (Å²) in [6, 6.07) is 10.0. The fourth-order valence-corrected chi connectivity index (χ4v) is 3.37. The van der Waals surface area contributed by atoms with Crippen LogP contribution >= 0.6 is 0 Å². The molecule has 1 atom stereocenters. The molecule has 0 radical (unpaired) electrons. The van der Waals surface area contributed by atoms with Gasteiger partial charge in [0.05, 0.1) is 24.8 Å². The number of carbonyl (C=O) groups is 1.